The van der Waals surface area contributed by atoms with Crippen molar-refractivity contribution in [3.8, 4) is 23.0 Å². The average Bonchev–Trinajstić information content (AvgIpc) is 2.93. The number of ether oxygens (including phenoxy) is 8. The fourth-order valence-electron chi connectivity index (χ4n) is 4.14. The van der Waals surface area contributed by atoms with Gasteiger partial charge in [0.05, 0.1) is 12.7 Å². The molecular formula is C29H32O14. The van der Waals surface area contributed by atoms with Crippen molar-refractivity contribution in [2.75, 3.05) is 20.3 Å². The minimum Gasteiger partial charge on any atom is -0.507 e. The zero-order valence-corrected chi connectivity index (χ0v) is 24.1. The van der Waals surface area contributed by atoms with Crippen LogP contribution in [0.3, 0.4) is 0 Å². The lowest BCUT2D eigenvalue weighted by molar-refractivity contribution is -0.288. The fraction of sp³-hybridized carbons (Fsp3) is 0.414. The van der Waals surface area contributed by atoms with Crippen molar-refractivity contribution in [2.24, 2.45) is 0 Å². The van der Waals surface area contributed by atoms with E-state index in [1.807, 2.05) is 0 Å². The molecule has 1 N–H and O–H groups in total. The molecule has 14 nitrogen and oxygen atoms in total. The van der Waals surface area contributed by atoms with E-state index < -0.39 is 72.7 Å². The molecule has 0 aromatic heterocycles. The molecule has 2 aromatic rings. The number of hydrogen-bond donors (Lipinski definition) is 1. The standard InChI is InChI=1S/C29H32O14/c1-15(30)37-14-25-26(39-16(2)31)27(40-17(3)32)28(41-18(4)33)29(43-25)42-21-10-11-22(23(34)12-21)24(35)13-38-20-8-6-19(36-5)7-9-20/h6-12,25-29,34H,13-14H2,1-5H3/t25-,26+,27+,28-,29-/m1/s1. The van der Waals surface area contributed by atoms with Crippen molar-refractivity contribution < 1.29 is 67.0 Å². The van der Waals surface area contributed by atoms with E-state index in [0.717, 1.165) is 33.8 Å². The monoisotopic (exact) mass is 604 g/mol. The third-order valence-corrected chi connectivity index (χ3v) is 5.90. The molecular weight excluding hydrogens is 572 g/mol. The van der Waals surface area contributed by atoms with Crippen LogP contribution in [-0.2, 0) is 42.9 Å². The van der Waals surface area contributed by atoms with E-state index in [-0.39, 0.29) is 17.9 Å². The molecule has 3 rings (SSSR count). The number of carbonyl (C=O) groups is 5. The van der Waals surface area contributed by atoms with Crippen LogP contribution >= 0.6 is 0 Å². The van der Waals surface area contributed by atoms with Crippen molar-refractivity contribution in [1.82, 2.24) is 0 Å². The summed E-state index contributed by atoms with van der Waals surface area (Å²) in [7, 11) is 1.52. The molecule has 232 valence electrons. The van der Waals surface area contributed by atoms with E-state index in [0.29, 0.717) is 11.5 Å². The number of carbonyl (C=O) groups excluding carboxylic acids is 5. The molecule has 5 atom stereocenters. The summed E-state index contributed by atoms with van der Waals surface area (Å²) in [4.78, 5) is 60.0. The Morgan fingerprint density at radius 3 is 1.86 bits per heavy atom. The number of benzene rings is 2. The third kappa shape index (κ3) is 9.33. The van der Waals surface area contributed by atoms with Crippen LogP contribution in [0.1, 0.15) is 38.1 Å². The van der Waals surface area contributed by atoms with Gasteiger partial charge in [0.2, 0.25) is 18.2 Å². The van der Waals surface area contributed by atoms with Gasteiger partial charge in [0, 0.05) is 33.8 Å². The van der Waals surface area contributed by atoms with Crippen LogP contribution in [0.4, 0.5) is 0 Å². The molecule has 0 amide bonds. The van der Waals surface area contributed by atoms with E-state index in [9.17, 15) is 29.1 Å². The Morgan fingerprint density at radius 2 is 1.30 bits per heavy atom. The summed E-state index contributed by atoms with van der Waals surface area (Å²) in [6, 6.07) is 10.3. The van der Waals surface area contributed by atoms with Gasteiger partial charge in [-0.3, -0.25) is 24.0 Å². The predicted molar refractivity (Wildman–Crippen MR) is 144 cm³/mol. The first-order valence-corrected chi connectivity index (χ1v) is 13.0. The lowest BCUT2D eigenvalue weighted by Gasteiger charge is -2.43. The largest absolute Gasteiger partial charge is 0.507 e. The second kappa shape index (κ2) is 14.9. The average molecular weight is 605 g/mol. The first kappa shape index (κ1) is 32.7. The summed E-state index contributed by atoms with van der Waals surface area (Å²) in [5.41, 5.74) is -0.0672. The molecule has 0 bridgehead atoms. The second-order valence-electron chi connectivity index (χ2n) is 9.25. The number of methoxy groups -OCH3 is 1. The van der Waals surface area contributed by atoms with Gasteiger partial charge in [0.25, 0.3) is 0 Å². The molecule has 2 aromatic carbocycles. The van der Waals surface area contributed by atoms with Crippen molar-refractivity contribution in [3.05, 3.63) is 48.0 Å². The topological polar surface area (TPSA) is 179 Å². The molecule has 1 fully saturated rings. The molecule has 1 aliphatic heterocycles. The summed E-state index contributed by atoms with van der Waals surface area (Å²) in [5.74, 6) is -3.05. The van der Waals surface area contributed by atoms with Gasteiger partial charge in [-0.1, -0.05) is 0 Å². The molecule has 14 heteroatoms. The molecule has 0 spiro atoms. The number of hydrogen-bond acceptors (Lipinski definition) is 14. The summed E-state index contributed by atoms with van der Waals surface area (Å²) >= 11 is 0. The van der Waals surface area contributed by atoms with Crippen LogP contribution in [0.5, 0.6) is 23.0 Å². The maximum atomic E-state index is 12.7. The number of phenolic OH excluding ortho intramolecular Hbond substituents is 1. The van der Waals surface area contributed by atoms with Crippen molar-refractivity contribution in [1.29, 1.82) is 0 Å². The lowest BCUT2D eigenvalue weighted by Crippen LogP contribution is -2.63. The van der Waals surface area contributed by atoms with Crippen LogP contribution in [0, 0.1) is 0 Å². The summed E-state index contributed by atoms with van der Waals surface area (Å²) in [6.07, 6.45) is -7.00. The Hall–Kier alpha value is -4.85. The summed E-state index contributed by atoms with van der Waals surface area (Å²) in [5, 5.41) is 10.6. The van der Waals surface area contributed by atoms with Gasteiger partial charge < -0.3 is 43.0 Å². The molecule has 1 heterocycles. The van der Waals surface area contributed by atoms with Gasteiger partial charge in [-0.2, -0.15) is 0 Å². The maximum Gasteiger partial charge on any atom is 0.303 e. The highest BCUT2D eigenvalue weighted by Crippen LogP contribution is 2.32. The van der Waals surface area contributed by atoms with Crippen LogP contribution in [0.2, 0.25) is 0 Å². The molecule has 0 radical (unpaired) electrons. The fourth-order valence-corrected chi connectivity index (χ4v) is 4.14. The molecule has 0 aliphatic carbocycles. The van der Waals surface area contributed by atoms with E-state index in [4.69, 9.17) is 37.9 Å². The SMILES string of the molecule is COc1ccc(OCC(=O)c2ccc(O[C@@H]3O[C@H](COC(C)=O)[C@H](OC(C)=O)[C@H](OC(C)=O)[C@H]3OC(C)=O)cc2O)cc1. The highest BCUT2D eigenvalue weighted by molar-refractivity contribution is 5.99. The zero-order chi connectivity index (χ0) is 31.7. The second-order valence-corrected chi connectivity index (χ2v) is 9.25. The quantitative estimate of drug-likeness (QED) is 0.211. The number of rotatable bonds is 12. The first-order chi connectivity index (χ1) is 20.4. The van der Waals surface area contributed by atoms with Crippen LogP contribution in [0.25, 0.3) is 0 Å². The zero-order valence-electron chi connectivity index (χ0n) is 24.1. The Labute approximate surface area is 246 Å². The summed E-state index contributed by atoms with van der Waals surface area (Å²) in [6.45, 7) is 3.62. The van der Waals surface area contributed by atoms with Crippen molar-refractivity contribution in [3.63, 3.8) is 0 Å². The number of aromatic hydroxyl groups is 1. The Bertz CT molecular complexity index is 1320. The van der Waals surface area contributed by atoms with Gasteiger partial charge in [0.15, 0.2) is 18.8 Å². The van der Waals surface area contributed by atoms with Crippen molar-refractivity contribution in [2.45, 2.75) is 58.4 Å². The molecule has 1 saturated heterocycles. The Kier molecular flexibility index (Phi) is 11.3. The van der Waals surface area contributed by atoms with Gasteiger partial charge in [-0.25, -0.2) is 0 Å². The predicted octanol–water partition coefficient (Wildman–Crippen LogP) is 2.12. The maximum absolute atomic E-state index is 12.7. The summed E-state index contributed by atoms with van der Waals surface area (Å²) < 4.78 is 43.4. The highest BCUT2D eigenvalue weighted by Gasteiger charge is 2.53. The van der Waals surface area contributed by atoms with Gasteiger partial charge in [0.1, 0.15) is 35.7 Å². The molecule has 0 unspecified atom stereocenters. The van der Waals surface area contributed by atoms with E-state index >= 15 is 0 Å². The number of Topliss-reactive ketones (excluding diaryl/α,β-unsaturated/α-hetero) is 1. The molecule has 43 heavy (non-hydrogen) atoms. The van der Waals surface area contributed by atoms with Crippen LogP contribution < -0.4 is 14.2 Å². The first-order valence-electron chi connectivity index (χ1n) is 13.0. The van der Waals surface area contributed by atoms with E-state index in [1.165, 1.54) is 19.2 Å². The van der Waals surface area contributed by atoms with Gasteiger partial charge in [-0.05, 0) is 36.4 Å². The van der Waals surface area contributed by atoms with Crippen LogP contribution in [-0.4, -0.2) is 85.8 Å². The van der Waals surface area contributed by atoms with Crippen molar-refractivity contribution >= 4 is 29.7 Å². The van der Waals surface area contributed by atoms with Gasteiger partial charge >= 0.3 is 23.9 Å². The minimum atomic E-state index is -1.51. The van der Waals surface area contributed by atoms with E-state index in [2.05, 4.69) is 0 Å². The highest BCUT2D eigenvalue weighted by atomic mass is 16.7. The number of phenols is 1. The molecule has 1 aliphatic rings. The van der Waals surface area contributed by atoms with E-state index in [1.54, 1.807) is 24.3 Å². The number of esters is 4. The Balaban J connectivity index is 1.84. The Morgan fingerprint density at radius 1 is 0.744 bits per heavy atom. The normalized spacial score (nSPS) is 21.1. The minimum absolute atomic E-state index is 0.0361. The van der Waals surface area contributed by atoms with Crippen LogP contribution in [0.15, 0.2) is 42.5 Å². The van der Waals surface area contributed by atoms with Gasteiger partial charge in [-0.15, -0.1) is 0 Å². The molecule has 0 saturated carbocycles. The lowest BCUT2D eigenvalue weighted by atomic mass is 9.98. The smallest absolute Gasteiger partial charge is 0.303 e. The third-order valence-electron chi connectivity index (χ3n) is 5.90. The number of ketones is 1.